The highest BCUT2D eigenvalue weighted by Gasteiger charge is 2.20. The summed E-state index contributed by atoms with van der Waals surface area (Å²) >= 11 is 0. The number of hydrogen-bond donors (Lipinski definition) is 3. The van der Waals surface area contributed by atoms with E-state index in [0.717, 1.165) is 51.4 Å². The highest BCUT2D eigenvalue weighted by atomic mass is 16.5. The zero-order valence-corrected chi connectivity index (χ0v) is 47.5. The van der Waals surface area contributed by atoms with E-state index in [-0.39, 0.29) is 18.5 Å². The van der Waals surface area contributed by atoms with Gasteiger partial charge in [-0.25, -0.2) is 0 Å². The van der Waals surface area contributed by atoms with E-state index in [1.807, 2.05) is 0 Å². The van der Waals surface area contributed by atoms with Gasteiger partial charge in [-0.1, -0.05) is 309 Å². The number of hydrogen-bond acceptors (Lipinski definition) is 5. The molecule has 70 heavy (non-hydrogen) atoms. The minimum absolute atomic E-state index is 0.00157. The normalized spacial score (nSPS) is 12.6. The second kappa shape index (κ2) is 60.2. The molecule has 6 nitrogen and oxygen atoms in total. The third-order valence-electron chi connectivity index (χ3n) is 15.1. The molecule has 0 aliphatic rings. The number of amides is 1. The highest BCUT2D eigenvalue weighted by Crippen LogP contribution is 2.18. The van der Waals surface area contributed by atoms with Crippen molar-refractivity contribution >= 4 is 11.9 Å². The average Bonchev–Trinajstić information content (AvgIpc) is 3.36. The first-order valence-electron chi connectivity index (χ1n) is 31.9. The van der Waals surface area contributed by atoms with E-state index in [9.17, 15) is 19.8 Å². The number of aliphatic hydroxyl groups excluding tert-OH is 2. The number of ether oxygens (including phenoxy) is 1. The topological polar surface area (TPSA) is 95.9 Å². The average molecular weight is 989 g/mol. The van der Waals surface area contributed by atoms with Crippen LogP contribution in [0.15, 0.2) is 12.2 Å². The third kappa shape index (κ3) is 55.9. The molecule has 2 unspecified atom stereocenters. The number of esters is 1. The molecule has 0 saturated carbocycles. The summed E-state index contributed by atoms with van der Waals surface area (Å²) in [6.45, 7) is 4.97. The van der Waals surface area contributed by atoms with Gasteiger partial charge in [0.2, 0.25) is 5.91 Å². The van der Waals surface area contributed by atoms with Crippen molar-refractivity contribution in [3.8, 4) is 0 Å². The molecule has 0 fully saturated rings. The number of aliphatic hydroxyl groups is 2. The molecule has 416 valence electrons. The molecule has 3 N–H and O–H groups in total. The summed E-state index contributed by atoms with van der Waals surface area (Å²) in [5.41, 5.74) is 0. The maximum atomic E-state index is 12.5. The first-order valence-corrected chi connectivity index (χ1v) is 31.9. The van der Waals surface area contributed by atoms with E-state index in [1.165, 1.54) is 276 Å². The third-order valence-corrected chi connectivity index (χ3v) is 15.1. The molecule has 0 rings (SSSR count). The second-order valence-corrected chi connectivity index (χ2v) is 22.1. The zero-order chi connectivity index (χ0) is 50.7. The van der Waals surface area contributed by atoms with Crippen molar-refractivity contribution in [2.45, 2.75) is 373 Å². The minimum atomic E-state index is -0.672. The van der Waals surface area contributed by atoms with Gasteiger partial charge in [0.15, 0.2) is 0 Å². The molecule has 0 spiro atoms. The molecule has 0 aromatic rings. The molecule has 0 heterocycles. The number of nitrogens with one attached hydrogen (secondary N) is 1. The number of unbranched alkanes of at least 4 members (excludes halogenated alkanes) is 47. The van der Waals surface area contributed by atoms with Crippen LogP contribution in [0, 0.1) is 0 Å². The van der Waals surface area contributed by atoms with E-state index >= 15 is 0 Å². The van der Waals surface area contributed by atoms with Crippen molar-refractivity contribution in [1.82, 2.24) is 5.32 Å². The molecule has 0 bridgehead atoms. The fourth-order valence-corrected chi connectivity index (χ4v) is 10.2. The summed E-state index contributed by atoms with van der Waals surface area (Å²) in [4.78, 5) is 24.6. The zero-order valence-electron chi connectivity index (χ0n) is 47.5. The summed E-state index contributed by atoms with van der Waals surface area (Å²) in [6.07, 6.45) is 72.2. The van der Waals surface area contributed by atoms with Gasteiger partial charge in [-0.3, -0.25) is 9.59 Å². The summed E-state index contributed by atoms with van der Waals surface area (Å²) in [7, 11) is 0. The quantitative estimate of drug-likeness (QED) is 0.0321. The van der Waals surface area contributed by atoms with Crippen molar-refractivity contribution in [2.75, 3.05) is 13.2 Å². The Morgan fingerprint density at radius 2 is 0.671 bits per heavy atom. The number of rotatable bonds is 60. The summed E-state index contributed by atoms with van der Waals surface area (Å²) in [6, 6.07) is -0.551. The van der Waals surface area contributed by atoms with Crippen molar-refractivity contribution in [3.63, 3.8) is 0 Å². The van der Waals surface area contributed by atoms with Gasteiger partial charge < -0.3 is 20.3 Å². The fraction of sp³-hybridized carbons (Fsp3) is 0.938. The van der Waals surface area contributed by atoms with E-state index < -0.39 is 12.1 Å². The van der Waals surface area contributed by atoms with Gasteiger partial charge >= 0.3 is 5.97 Å². The smallest absolute Gasteiger partial charge is 0.305 e. The van der Waals surface area contributed by atoms with Crippen LogP contribution in [0.3, 0.4) is 0 Å². The van der Waals surface area contributed by atoms with E-state index in [0.29, 0.717) is 25.9 Å². The molecular formula is C64H125NO5. The van der Waals surface area contributed by atoms with Crippen LogP contribution in [0.2, 0.25) is 0 Å². The van der Waals surface area contributed by atoms with Crippen LogP contribution in [0.4, 0.5) is 0 Å². The van der Waals surface area contributed by atoms with E-state index in [2.05, 4.69) is 31.3 Å². The maximum absolute atomic E-state index is 12.5. The van der Waals surface area contributed by atoms with Crippen LogP contribution in [-0.2, 0) is 14.3 Å². The molecule has 1 amide bonds. The van der Waals surface area contributed by atoms with Crippen molar-refractivity contribution in [3.05, 3.63) is 12.2 Å². The largest absolute Gasteiger partial charge is 0.466 e. The highest BCUT2D eigenvalue weighted by molar-refractivity contribution is 5.76. The maximum Gasteiger partial charge on any atom is 0.305 e. The van der Waals surface area contributed by atoms with Gasteiger partial charge in [-0.15, -0.1) is 0 Å². The predicted octanol–water partition coefficient (Wildman–Crippen LogP) is 20.0. The molecule has 0 radical (unpaired) electrons. The molecule has 0 aromatic carbocycles. The first kappa shape index (κ1) is 68.6. The van der Waals surface area contributed by atoms with Crippen LogP contribution in [0.5, 0.6) is 0 Å². The Labute approximate surface area is 438 Å². The lowest BCUT2D eigenvalue weighted by atomic mass is 10.0. The molecule has 6 heteroatoms. The van der Waals surface area contributed by atoms with Gasteiger partial charge in [-0.05, 0) is 51.4 Å². The SMILES string of the molecule is CCCCCCCCCCCCCCCCCCCCCCCCC(O)C(CO)NC(=O)CCCCCCCCC/C=C\CCCCCCCCOC(=O)CCCCCCCCCCCCCCCC. The van der Waals surface area contributed by atoms with Gasteiger partial charge in [0.1, 0.15) is 0 Å². The Hall–Kier alpha value is -1.40. The lowest BCUT2D eigenvalue weighted by Gasteiger charge is -2.22. The Bertz CT molecular complexity index is 1050. The van der Waals surface area contributed by atoms with E-state index in [4.69, 9.17) is 4.74 Å². The lowest BCUT2D eigenvalue weighted by Crippen LogP contribution is -2.45. The van der Waals surface area contributed by atoms with Crippen LogP contribution in [0.25, 0.3) is 0 Å². The van der Waals surface area contributed by atoms with Crippen molar-refractivity contribution in [1.29, 1.82) is 0 Å². The first-order chi connectivity index (χ1) is 34.5. The van der Waals surface area contributed by atoms with Crippen molar-refractivity contribution in [2.24, 2.45) is 0 Å². The van der Waals surface area contributed by atoms with E-state index in [1.54, 1.807) is 0 Å². The van der Waals surface area contributed by atoms with Crippen LogP contribution >= 0.6 is 0 Å². The Morgan fingerprint density at radius 1 is 0.386 bits per heavy atom. The summed E-state index contributed by atoms with van der Waals surface area (Å²) in [5, 5.41) is 23.4. The van der Waals surface area contributed by atoms with Crippen molar-refractivity contribution < 1.29 is 24.5 Å². The summed E-state index contributed by atoms with van der Waals surface area (Å²) in [5.74, 6) is -0.0412. The molecule has 0 aliphatic carbocycles. The van der Waals surface area contributed by atoms with Gasteiger partial charge in [0.25, 0.3) is 0 Å². The van der Waals surface area contributed by atoms with Crippen LogP contribution < -0.4 is 5.32 Å². The molecule has 0 aromatic heterocycles. The summed E-state index contributed by atoms with van der Waals surface area (Å²) < 4.78 is 5.48. The number of carbonyl (C=O) groups is 2. The molecule has 2 atom stereocenters. The molecule has 0 saturated heterocycles. The fourth-order valence-electron chi connectivity index (χ4n) is 10.2. The number of allylic oxidation sites excluding steroid dienone is 2. The Balaban J connectivity index is 3.44. The lowest BCUT2D eigenvalue weighted by molar-refractivity contribution is -0.143. The van der Waals surface area contributed by atoms with Gasteiger partial charge in [0, 0.05) is 12.8 Å². The Morgan fingerprint density at radius 3 is 1.01 bits per heavy atom. The predicted molar refractivity (Wildman–Crippen MR) is 306 cm³/mol. The van der Waals surface area contributed by atoms with Gasteiger partial charge in [0.05, 0.1) is 25.4 Å². The van der Waals surface area contributed by atoms with Crippen LogP contribution in [0.1, 0.15) is 361 Å². The van der Waals surface area contributed by atoms with Crippen LogP contribution in [-0.4, -0.2) is 47.4 Å². The molecular weight excluding hydrogens is 863 g/mol. The Kier molecular flexibility index (Phi) is 59.0. The standard InChI is InChI=1S/C64H125NO5/c1-3-5-7-9-11-13-15-17-19-20-21-22-23-24-26-29-32-36-40-44-48-52-56-62(67)61(60-66)65-63(68)57-53-49-45-41-37-33-30-27-25-28-31-35-39-43-47-51-55-59-70-64(69)58-54-50-46-42-38-34-18-16-14-12-10-8-6-4-2/h25,28,61-62,66-67H,3-24,26-27,29-60H2,1-2H3,(H,65,68)/b28-25-. The minimum Gasteiger partial charge on any atom is -0.466 e. The molecule has 0 aliphatic heterocycles. The van der Waals surface area contributed by atoms with Gasteiger partial charge in [-0.2, -0.15) is 0 Å². The second-order valence-electron chi connectivity index (χ2n) is 22.1. The monoisotopic (exact) mass is 988 g/mol. The number of carbonyl (C=O) groups excluding carboxylic acids is 2.